The predicted octanol–water partition coefficient (Wildman–Crippen LogP) is 4.68. The van der Waals surface area contributed by atoms with Crippen molar-refractivity contribution in [2.75, 3.05) is 5.33 Å². The second-order valence-corrected chi connectivity index (χ2v) is 5.68. The van der Waals surface area contributed by atoms with E-state index in [4.69, 9.17) is 4.74 Å². The highest BCUT2D eigenvalue weighted by Crippen LogP contribution is 2.33. The maximum atomic E-state index is 5.98. The molecule has 1 nitrogen and oxygen atoms in total. The Morgan fingerprint density at radius 2 is 2.05 bits per heavy atom. The third kappa shape index (κ3) is 2.69. The minimum Gasteiger partial charge on any atom is -0.489 e. The average molecular weight is 317 g/mol. The first-order valence-corrected chi connectivity index (χ1v) is 7.85. The fourth-order valence-corrected chi connectivity index (χ4v) is 2.89. The molecule has 3 rings (SSSR count). The molecule has 0 amide bonds. The molecule has 1 aliphatic carbocycles. The van der Waals surface area contributed by atoms with Gasteiger partial charge in [-0.3, -0.25) is 0 Å². The number of ether oxygens (including phenoxy) is 1. The first kappa shape index (κ1) is 12.7. The zero-order valence-corrected chi connectivity index (χ0v) is 12.4. The number of halogens is 1. The molecule has 19 heavy (non-hydrogen) atoms. The Kier molecular flexibility index (Phi) is 3.88. The second-order valence-electron chi connectivity index (χ2n) is 4.89. The lowest BCUT2D eigenvalue weighted by atomic mass is 9.90. The fourth-order valence-electron chi connectivity index (χ4n) is 2.66. The molecule has 1 aliphatic heterocycles. The summed E-state index contributed by atoms with van der Waals surface area (Å²) in [7, 11) is 0. The summed E-state index contributed by atoms with van der Waals surface area (Å²) in [4.78, 5) is 0. The van der Waals surface area contributed by atoms with E-state index in [2.05, 4.69) is 58.4 Å². The molecule has 1 heterocycles. The molecule has 1 aromatic rings. The minimum atomic E-state index is 0.686. The Hall–Kier alpha value is -1.28. The van der Waals surface area contributed by atoms with Crippen LogP contribution in [0.5, 0.6) is 0 Å². The van der Waals surface area contributed by atoms with E-state index in [-0.39, 0.29) is 0 Å². The zero-order chi connectivity index (χ0) is 13.1. The van der Waals surface area contributed by atoms with Crippen molar-refractivity contribution in [2.24, 2.45) is 0 Å². The molecule has 0 aromatic heterocycles. The van der Waals surface area contributed by atoms with Gasteiger partial charge >= 0.3 is 0 Å². The van der Waals surface area contributed by atoms with Crippen LogP contribution in [0.2, 0.25) is 0 Å². The molecule has 1 aromatic carbocycles. The molecule has 2 aliphatic rings. The smallest absolute Gasteiger partial charge is 0.123 e. The highest BCUT2D eigenvalue weighted by atomic mass is 79.9. The Morgan fingerprint density at radius 3 is 2.89 bits per heavy atom. The number of alkyl halides is 1. The van der Waals surface area contributed by atoms with E-state index in [9.17, 15) is 0 Å². The Labute approximate surface area is 122 Å². The summed E-state index contributed by atoms with van der Waals surface area (Å²) in [6, 6.07) is 8.59. The van der Waals surface area contributed by atoms with E-state index in [1.807, 2.05) is 0 Å². The van der Waals surface area contributed by atoms with Crippen molar-refractivity contribution in [3.8, 4) is 0 Å². The lowest BCUT2D eigenvalue weighted by molar-refractivity contribution is 0.210. The van der Waals surface area contributed by atoms with E-state index in [1.165, 1.54) is 22.3 Å². The summed E-state index contributed by atoms with van der Waals surface area (Å²) in [5.74, 6) is 1.06. The number of allylic oxidation sites excluding steroid dienone is 5. The van der Waals surface area contributed by atoms with Gasteiger partial charge in [0.1, 0.15) is 12.4 Å². The first-order chi connectivity index (χ1) is 9.38. The quantitative estimate of drug-likeness (QED) is 0.719. The van der Waals surface area contributed by atoms with Gasteiger partial charge in [0.25, 0.3) is 0 Å². The topological polar surface area (TPSA) is 9.23 Å². The highest BCUT2D eigenvalue weighted by molar-refractivity contribution is 9.09. The molecule has 0 fully saturated rings. The minimum absolute atomic E-state index is 0.686. The standard InChI is InChI=1S/C17H17BrO/c18-10-4-8-13-7-3-9-17-16(13)11-14-5-1-2-6-15(14)12-19-17/h1-3,5-6,8-9H,4,7,10-12H2. The lowest BCUT2D eigenvalue weighted by Crippen LogP contribution is -2.02. The van der Waals surface area contributed by atoms with Gasteiger partial charge in [0.2, 0.25) is 0 Å². The molecule has 2 heteroatoms. The van der Waals surface area contributed by atoms with Gasteiger partial charge in [0.05, 0.1) is 0 Å². The van der Waals surface area contributed by atoms with Gasteiger partial charge < -0.3 is 4.74 Å². The molecule has 0 saturated carbocycles. The Balaban J connectivity index is 1.97. The molecular weight excluding hydrogens is 300 g/mol. The van der Waals surface area contributed by atoms with Crippen LogP contribution < -0.4 is 0 Å². The highest BCUT2D eigenvalue weighted by Gasteiger charge is 2.19. The second kappa shape index (κ2) is 5.79. The van der Waals surface area contributed by atoms with Crippen LogP contribution in [0.15, 0.2) is 59.4 Å². The van der Waals surface area contributed by atoms with Gasteiger partial charge in [-0.05, 0) is 35.6 Å². The molecular formula is C17H17BrO. The van der Waals surface area contributed by atoms with Crippen molar-refractivity contribution in [1.82, 2.24) is 0 Å². The number of hydrogen-bond donors (Lipinski definition) is 0. The number of hydrogen-bond acceptors (Lipinski definition) is 1. The number of fused-ring (bicyclic) bond motifs is 1. The van der Waals surface area contributed by atoms with Crippen molar-refractivity contribution < 1.29 is 4.74 Å². The third-order valence-corrected chi connectivity index (χ3v) is 4.12. The van der Waals surface area contributed by atoms with Gasteiger partial charge in [-0.25, -0.2) is 0 Å². The van der Waals surface area contributed by atoms with E-state index >= 15 is 0 Å². The SMILES string of the molecule is BrCCC=C1CC=CC2=C1Cc1ccccc1CO2. The van der Waals surface area contributed by atoms with Gasteiger partial charge in [-0.2, -0.15) is 0 Å². The van der Waals surface area contributed by atoms with Crippen LogP contribution in [0.1, 0.15) is 24.0 Å². The third-order valence-electron chi connectivity index (χ3n) is 3.66. The summed E-state index contributed by atoms with van der Waals surface area (Å²) in [5, 5.41) is 1.01. The van der Waals surface area contributed by atoms with Crippen molar-refractivity contribution in [2.45, 2.75) is 25.9 Å². The molecule has 0 unspecified atom stereocenters. The molecule has 0 atom stereocenters. The maximum Gasteiger partial charge on any atom is 0.123 e. The fraction of sp³-hybridized carbons (Fsp3) is 0.294. The van der Waals surface area contributed by atoms with Crippen LogP contribution in [-0.4, -0.2) is 5.33 Å². The van der Waals surface area contributed by atoms with Crippen LogP contribution in [0.25, 0.3) is 0 Å². The predicted molar refractivity (Wildman–Crippen MR) is 82.2 cm³/mol. The largest absolute Gasteiger partial charge is 0.489 e. The molecule has 0 N–H and O–H groups in total. The summed E-state index contributed by atoms with van der Waals surface area (Å²) < 4.78 is 5.98. The molecule has 0 bridgehead atoms. The monoisotopic (exact) mass is 316 g/mol. The van der Waals surface area contributed by atoms with Crippen molar-refractivity contribution in [3.63, 3.8) is 0 Å². The molecule has 0 saturated heterocycles. The van der Waals surface area contributed by atoms with E-state index < -0.39 is 0 Å². The van der Waals surface area contributed by atoms with Crippen LogP contribution >= 0.6 is 15.9 Å². The Morgan fingerprint density at radius 1 is 1.21 bits per heavy atom. The van der Waals surface area contributed by atoms with Crippen molar-refractivity contribution in [1.29, 1.82) is 0 Å². The number of rotatable bonds is 2. The molecule has 98 valence electrons. The maximum absolute atomic E-state index is 5.98. The van der Waals surface area contributed by atoms with Gasteiger partial charge in [0, 0.05) is 17.3 Å². The lowest BCUT2D eigenvalue weighted by Gasteiger charge is -2.17. The molecule has 0 spiro atoms. The van der Waals surface area contributed by atoms with Crippen LogP contribution in [-0.2, 0) is 17.8 Å². The van der Waals surface area contributed by atoms with Crippen molar-refractivity contribution >= 4 is 15.9 Å². The summed E-state index contributed by atoms with van der Waals surface area (Å²) in [5.41, 5.74) is 5.50. The van der Waals surface area contributed by atoms with Gasteiger partial charge in [-0.15, -0.1) is 0 Å². The average Bonchev–Trinajstić information content (AvgIpc) is 2.64. The number of benzene rings is 1. The zero-order valence-electron chi connectivity index (χ0n) is 10.9. The normalized spacial score (nSPS) is 19.7. The Bertz CT molecular complexity index is 566. The molecule has 0 radical (unpaired) electrons. The van der Waals surface area contributed by atoms with Crippen LogP contribution in [0.4, 0.5) is 0 Å². The van der Waals surface area contributed by atoms with E-state index in [0.717, 1.165) is 30.4 Å². The van der Waals surface area contributed by atoms with Crippen molar-refractivity contribution in [3.05, 3.63) is 70.5 Å². The van der Waals surface area contributed by atoms with Gasteiger partial charge in [-0.1, -0.05) is 52.3 Å². The first-order valence-electron chi connectivity index (χ1n) is 6.73. The van der Waals surface area contributed by atoms with E-state index in [1.54, 1.807) is 0 Å². The van der Waals surface area contributed by atoms with Crippen LogP contribution in [0.3, 0.4) is 0 Å². The van der Waals surface area contributed by atoms with Gasteiger partial charge in [0.15, 0.2) is 0 Å². The summed E-state index contributed by atoms with van der Waals surface area (Å²) >= 11 is 3.50. The van der Waals surface area contributed by atoms with Crippen LogP contribution in [0, 0.1) is 0 Å². The summed E-state index contributed by atoms with van der Waals surface area (Å²) in [6.07, 6.45) is 9.76. The van der Waals surface area contributed by atoms with E-state index in [0.29, 0.717) is 6.61 Å². The summed E-state index contributed by atoms with van der Waals surface area (Å²) in [6.45, 7) is 0.686.